The summed E-state index contributed by atoms with van der Waals surface area (Å²) in [5.74, 6) is 0.636. The predicted octanol–water partition coefficient (Wildman–Crippen LogP) is 1.56. The summed E-state index contributed by atoms with van der Waals surface area (Å²) in [6, 6.07) is 0.308. The molecule has 0 aromatic rings. The van der Waals surface area contributed by atoms with E-state index in [0.717, 1.165) is 6.42 Å². The molecule has 0 aliphatic heterocycles. The van der Waals surface area contributed by atoms with E-state index in [-0.39, 0.29) is 5.91 Å². The lowest BCUT2D eigenvalue weighted by Crippen LogP contribution is -2.35. The van der Waals surface area contributed by atoms with E-state index < -0.39 is 0 Å². The minimum atomic E-state index is 0.0628. The molecule has 0 aliphatic carbocycles. The van der Waals surface area contributed by atoms with E-state index in [4.69, 9.17) is 0 Å². The maximum atomic E-state index is 10.6. The second-order valence-electron chi connectivity index (χ2n) is 2.87. The number of rotatable bonds is 3. The minimum Gasteiger partial charge on any atom is -0.354 e. The van der Waals surface area contributed by atoms with Gasteiger partial charge in [0.05, 0.1) is 0 Å². The van der Waals surface area contributed by atoms with Crippen molar-refractivity contribution in [3.63, 3.8) is 0 Å². The van der Waals surface area contributed by atoms with Crippen LogP contribution in [0.4, 0.5) is 0 Å². The summed E-state index contributed by atoms with van der Waals surface area (Å²) in [6.45, 7) is 7.86. The molecule has 0 aromatic carbocycles. The first-order valence-electron chi connectivity index (χ1n) is 3.85. The highest BCUT2D eigenvalue weighted by Gasteiger charge is 2.09. The lowest BCUT2D eigenvalue weighted by molar-refractivity contribution is -0.119. The van der Waals surface area contributed by atoms with Crippen molar-refractivity contribution < 1.29 is 4.79 Å². The number of nitrogens with one attached hydrogen (secondary N) is 1. The van der Waals surface area contributed by atoms with Crippen molar-refractivity contribution in [3.8, 4) is 0 Å². The molecule has 2 nitrogen and oxygen atoms in total. The highest BCUT2D eigenvalue weighted by Crippen LogP contribution is 2.05. The molecule has 0 rings (SSSR count). The lowest BCUT2D eigenvalue weighted by atomic mass is 10.0. The molecule has 60 valence electrons. The number of hydrogen-bond acceptors (Lipinski definition) is 1. The first-order valence-corrected chi connectivity index (χ1v) is 3.85. The molecule has 0 saturated carbocycles. The normalized spacial score (nSPS) is 16.0. The van der Waals surface area contributed by atoms with Crippen LogP contribution < -0.4 is 5.32 Å². The molecule has 2 heteroatoms. The van der Waals surface area contributed by atoms with Gasteiger partial charge in [0, 0.05) is 13.0 Å². The van der Waals surface area contributed by atoms with E-state index in [1.807, 2.05) is 6.92 Å². The molecule has 2 atom stereocenters. The van der Waals surface area contributed by atoms with Crippen LogP contribution in [0.25, 0.3) is 0 Å². The van der Waals surface area contributed by atoms with Crippen LogP contribution in [-0.2, 0) is 4.79 Å². The molecule has 0 aliphatic rings. The third-order valence-electron chi connectivity index (χ3n) is 1.93. The molecule has 0 fully saturated rings. The third kappa shape index (κ3) is 3.49. The van der Waals surface area contributed by atoms with E-state index in [1.165, 1.54) is 0 Å². The molecule has 1 amide bonds. The van der Waals surface area contributed by atoms with Gasteiger partial charge in [-0.15, -0.1) is 0 Å². The van der Waals surface area contributed by atoms with E-state index in [2.05, 4.69) is 19.2 Å². The van der Waals surface area contributed by atoms with Gasteiger partial charge in [0.1, 0.15) is 0 Å². The first-order chi connectivity index (χ1) is 4.57. The van der Waals surface area contributed by atoms with Crippen molar-refractivity contribution in [1.82, 2.24) is 5.32 Å². The molecule has 0 spiro atoms. The topological polar surface area (TPSA) is 29.1 Å². The summed E-state index contributed by atoms with van der Waals surface area (Å²) < 4.78 is 0. The summed E-state index contributed by atoms with van der Waals surface area (Å²) >= 11 is 0. The van der Waals surface area contributed by atoms with Crippen LogP contribution in [0, 0.1) is 5.92 Å². The van der Waals surface area contributed by atoms with Crippen molar-refractivity contribution in [2.24, 2.45) is 5.92 Å². The lowest BCUT2D eigenvalue weighted by Gasteiger charge is -2.18. The van der Waals surface area contributed by atoms with Crippen LogP contribution >= 0.6 is 0 Å². The zero-order valence-electron chi connectivity index (χ0n) is 7.27. The van der Waals surface area contributed by atoms with Crippen molar-refractivity contribution in [2.45, 2.75) is 40.2 Å². The molecule has 0 aromatic heterocycles. The van der Waals surface area contributed by atoms with Crippen molar-refractivity contribution in [3.05, 3.63) is 0 Å². The summed E-state index contributed by atoms with van der Waals surface area (Å²) in [6.07, 6.45) is 1.11. The molecule has 1 unspecified atom stereocenters. The van der Waals surface area contributed by atoms with E-state index >= 15 is 0 Å². The van der Waals surface area contributed by atoms with Crippen LogP contribution in [0.2, 0.25) is 0 Å². The number of amides is 1. The van der Waals surface area contributed by atoms with E-state index in [9.17, 15) is 4.79 Å². The fraction of sp³-hybridized carbons (Fsp3) is 0.875. The summed E-state index contributed by atoms with van der Waals surface area (Å²) in [4.78, 5) is 10.6. The van der Waals surface area contributed by atoms with Crippen LogP contribution in [0.1, 0.15) is 34.1 Å². The SMILES string of the molecule is CCC(C)[C@@H](C)NC(C)=O. The number of hydrogen-bond donors (Lipinski definition) is 1. The summed E-state index contributed by atoms with van der Waals surface area (Å²) in [5, 5.41) is 2.85. The van der Waals surface area contributed by atoms with Gasteiger partial charge in [0.15, 0.2) is 0 Å². The second-order valence-corrected chi connectivity index (χ2v) is 2.87. The van der Waals surface area contributed by atoms with Crippen LogP contribution in [0.15, 0.2) is 0 Å². The Bertz CT molecular complexity index is 112. The van der Waals surface area contributed by atoms with Gasteiger partial charge in [-0.3, -0.25) is 4.79 Å². The van der Waals surface area contributed by atoms with Crippen LogP contribution in [0.3, 0.4) is 0 Å². The standard InChI is InChI=1S/C8H17NO/c1-5-6(2)7(3)9-8(4)10/h6-7H,5H2,1-4H3,(H,9,10)/t6?,7-/m1/s1. The molecular formula is C8H17NO. The predicted molar refractivity (Wildman–Crippen MR) is 42.7 cm³/mol. The second kappa shape index (κ2) is 4.31. The van der Waals surface area contributed by atoms with Gasteiger partial charge in [-0.2, -0.15) is 0 Å². The van der Waals surface area contributed by atoms with Gasteiger partial charge < -0.3 is 5.32 Å². The van der Waals surface area contributed by atoms with Gasteiger partial charge in [-0.1, -0.05) is 20.3 Å². The zero-order chi connectivity index (χ0) is 8.15. The highest BCUT2D eigenvalue weighted by atomic mass is 16.1. The smallest absolute Gasteiger partial charge is 0.217 e. The number of carbonyl (C=O) groups is 1. The Hall–Kier alpha value is -0.530. The Morgan fingerprint density at radius 2 is 2.00 bits per heavy atom. The Labute approximate surface area is 63.0 Å². The highest BCUT2D eigenvalue weighted by molar-refractivity contribution is 5.73. The van der Waals surface area contributed by atoms with Gasteiger partial charge in [0.25, 0.3) is 0 Å². The Morgan fingerprint density at radius 3 is 2.30 bits per heavy atom. The molecule has 0 saturated heterocycles. The first kappa shape index (κ1) is 9.47. The van der Waals surface area contributed by atoms with Crippen LogP contribution in [-0.4, -0.2) is 11.9 Å². The van der Waals surface area contributed by atoms with Gasteiger partial charge >= 0.3 is 0 Å². The fourth-order valence-electron chi connectivity index (χ4n) is 0.816. The van der Waals surface area contributed by atoms with Gasteiger partial charge in [-0.05, 0) is 12.8 Å². The monoisotopic (exact) mass is 143 g/mol. The van der Waals surface area contributed by atoms with Crippen LogP contribution in [0.5, 0.6) is 0 Å². The van der Waals surface area contributed by atoms with Crippen molar-refractivity contribution in [1.29, 1.82) is 0 Å². The maximum Gasteiger partial charge on any atom is 0.217 e. The molecule has 0 radical (unpaired) electrons. The van der Waals surface area contributed by atoms with Crippen molar-refractivity contribution in [2.75, 3.05) is 0 Å². The van der Waals surface area contributed by atoms with Crippen molar-refractivity contribution >= 4 is 5.91 Å². The molecule has 0 bridgehead atoms. The molecule has 0 heterocycles. The molecular weight excluding hydrogens is 126 g/mol. The minimum absolute atomic E-state index is 0.0628. The summed E-state index contributed by atoms with van der Waals surface area (Å²) in [7, 11) is 0. The molecule has 1 N–H and O–H groups in total. The molecule has 10 heavy (non-hydrogen) atoms. The average Bonchev–Trinajstić information content (AvgIpc) is 1.85. The maximum absolute atomic E-state index is 10.6. The number of carbonyl (C=O) groups excluding carboxylic acids is 1. The largest absolute Gasteiger partial charge is 0.354 e. The zero-order valence-corrected chi connectivity index (χ0v) is 7.27. The third-order valence-corrected chi connectivity index (χ3v) is 1.93. The summed E-state index contributed by atoms with van der Waals surface area (Å²) in [5.41, 5.74) is 0. The average molecular weight is 143 g/mol. The fourth-order valence-corrected chi connectivity index (χ4v) is 0.816. The quantitative estimate of drug-likeness (QED) is 0.638. The van der Waals surface area contributed by atoms with Gasteiger partial charge in [-0.25, -0.2) is 0 Å². The van der Waals surface area contributed by atoms with Gasteiger partial charge in [0.2, 0.25) is 5.91 Å². The Kier molecular flexibility index (Phi) is 4.08. The van der Waals surface area contributed by atoms with E-state index in [1.54, 1.807) is 6.92 Å². The Balaban J connectivity index is 3.61. The van der Waals surface area contributed by atoms with E-state index in [0.29, 0.717) is 12.0 Å². The Morgan fingerprint density at radius 1 is 1.50 bits per heavy atom.